The molecule has 21 nitrogen and oxygen atoms in total. The fourth-order valence-corrected chi connectivity index (χ4v) is 12.5. The number of allylic oxidation sites excluding steroid dienone is 1. The van der Waals surface area contributed by atoms with Crippen molar-refractivity contribution in [3.63, 3.8) is 0 Å². The van der Waals surface area contributed by atoms with Crippen molar-refractivity contribution in [3.05, 3.63) is 107 Å². The number of benzene rings is 3. The van der Waals surface area contributed by atoms with Crippen LogP contribution in [0.2, 0.25) is 0 Å². The van der Waals surface area contributed by atoms with E-state index >= 15 is 4.39 Å². The second-order valence-electron chi connectivity index (χ2n) is 25.1. The van der Waals surface area contributed by atoms with Gasteiger partial charge in [-0.1, -0.05) is 75.4 Å². The van der Waals surface area contributed by atoms with Crippen LogP contribution in [0.25, 0.3) is 44.1 Å². The molecule has 7 heterocycles. The number of fused-ring (bicyclic) bond motifs is 4. The number of piperazine rings is 1. The van der Waals surface area contributed by atoms with Crippen LogP contribution in [0.4, 0.5) is 15.0 Å². The van der Waals surface area contributed by atoms with Crippen LogP contribution in [-0.4, -0.2) is 159 Å². The third kappa shape index (κ3) is 14.6. The molecular formula is C67H85FN13O8Pd-. The van der Waals surface area contributed by atoms with Crippen LogP contribution >= 0.6 is 0 Å². The summed E-state index contributed by atoms with van der Waals surface area (Å²) in [5.74, 6) is 1.61. The third-order valence-electron chi connectivity index (χ3n) is 17.7. The molecule has 7 atom stereocenters. The summed E-state index contributed by atoms with van der Waals surface area (Å²) >= 11 is 0. The van der Waals surface area contributed by atoms with Crippen molar-refractivity contribution in [1.29, 1.82) is 0 Å². The Bertz CT molecular complexity index is 3610. The fraction of sp³-hybridized carbons (Fsp3) is 0.522. The summed E-state index contributed by atoms with van der Waals surface area (Å²) in [6, 6.07) is 10.8. The number of carbonyl (C=O) groups excluding carboxylic acids is 3. The predicted octanol–water partition coefficient (Wildman–Crippen LogP) is 10.6. The molecule has 2 aliphatic carbocycles. The molecule has 3 amide bonds. The minimum absolute atomic E-state index is 0. The van der Waals surface area contributed by atoms with Gasteiger partial charge in [0.2, 0.25) is 12.3 Å². The van der Waals surface area contributed by atoms with Crippen LogP contribution in [0, 0.1) is 31.5 Å². The van der Waals surface area contributed by atoms with E-state index in [0.717, 1.165) is 94.3 Å². The first kappa shape index (κ1) is 67.0. The van der Waals surface area contributed by atoms with Crippen LogP contribution in [0.3, 0.4) is 0 Å². The van der Waals surface area contributed by atoms with Crippen LogP contribution in [0.1, 0.15) is 128 Å². The summed E-state index contributed by atoms with van der Waals surface area (Å²) in [5.41, 5.74) is 8.12. The molecule has 484 valence electrons. The molecule has 6 aliphatic rings. The largest absolute Gasteiger partial charge is 0.581 e. The second kappa shape index (κ2) is 29.2. The number of nitrogens with one attached hydrogen (secondary N) is 1. The van der Waals surface area contributed by atoms with Gasteiger partial charge in [0.05, 0.1) is 49.4 Å². The molecule has 0 spiro atoms. The van der Waals surface area contributed by atoms with Crippen molar-refractivity contribution in [2.75, 3.05) is 64.6 Å². The minimum Gasteiger partial charge on any atom is -0.581 e. The quantitative estimate of drug-likeness (QED) is 0.0436. The molecule has 3 saturated heterocycles. The maximum Gasteiger partial charge on any atom is 0.410 e. The Morgan fingerprint density at radius 2 is 1.74 bits per heavy atom. The van der Waals surface area contributed by atoms with Gasteiger partial charge in [-0.15, -0.1) is 0 Å². The number of nitrogens with zero attached hydrogens (tertiary/aromatic N) is 12. The van der Waals surface area contributed by atoms with E-state index in [4.69, 9.17) is 28.9 Å². The molecule has 7 unspecified atom stereocenters. The Morgan fingerprint density at radius 1 is 0.967 bits per heavy atom. The van der Waals surface area contributed by atoms with Gasteiger partial charge in [-0.25, -0.2) is 19.2 Å². The van der Waals surface area contributed by atoms with Gasteiger partial charge >= 0.3 is 12.1 Å². The molecule has 90 heavy (non-hydrogen) atoms. The number of amides is 3. The topological polar surface area (TPSA) is 237 Å². The maximum absolute atomic E-state index is 15.9. The van der Waals surface area contributed by atoms with Crippen molar-refractivity contribution in [2.45, 2.75) is 156 Å². The van der Waals surface area contributed by atoms with Gasteiger partial charge in [-0.05, 0) is 143 Å². The molecule has 12 rings (SSSR count). The Hall–Kier alpha value is -7.45. The number of hydrogen-bond donors (Lipinski definition) is 2. The summed E-state index contributed by atoms with van der Waals surface area (Å²) in [4.78, 5) is 60.8. The Morgan fingerprint density at radius 3 is 2.40 bits per heavy atom. The normalized spacial score (nSPS) is 20.7. The van der Waals surface area contributed by atoms with Crippen LogP contribution in [-0.2, 0) is 39.5 Å². The minimum atomic E-state index is -0.593. The van der Waals surface area contributed by atoms with E-state index < -0.39 is 17.7 Å². The van der Waals surface area contributed by atoms with Crippen LogP contribution in [0.15, 0.2) is 89.3 Å². The third-order valence-corrected chi connectivity index (χ3v) is 17.7. The molecule has 2 bridgehead atoms. The number of ether oxygens (including phenoxy) is 4. The number of carbonyl (C=O) groups is 3. The summed E-state index contributed by atoms with van der Waals surface area (Å²) in [7, 11) is 1.62. The number of aliphatic hydroxyl groups is 1. The average molecular weight is 1330 g/mol. The van der Waals surface area contributed by atoms with Crippen molar-refractivity contribution in [2.24, 2.45) is 22.2 Å². The molecule has 4 fully saturated rings. The molecule has 1 saturated carbocycles. The number of halogens is 1. The van der Waals surface area contributed by atoms with E-state index in [9.17, 15) is 19.5 Å². The predicted molar refractivity (Wildman–Crippen MR) is 338 cm³/mol. The smallest absolute Gasteiger partial charge is 0.410 e. The van der Waals surface area contributed by atoms with Gasteiger partial charge < -0.3 is 54.3 Å². The first-order valence-corrected chi connectivity index (χ1v) is 31.4. The van der Waals surface area contributed by atoms with E-state index in [1.54, 1.807) is 26.4 Å². The number of rotatable bonds is 19. The van der Waals surface area contributed by atoms with E-state index in [2.05, 4.69) is 90.8 Å². The number of aryl methyl sites for hydroxylation is 1. The van der Waals surface area contributed by atoms with Crippen molar-refractivity contribution >= 4 is 46.0 Å². The second-order valence-corrected chi connectivity index (χ2v) is 25.1. The Kier molecular flexibility index (Phi) is 21.7. The average Bonchev–Trinajstić information content (AvgIpc) is 1.39. The first-order chi connectivity index (χ1) is 42.9. The molecule has 3 aromatic carbocycles. The number of likely N-dealkylation sites (tertiary alicyclic amines) is 2. The zero-order chi connectivity index (χ0) is 63.3. The van der Waals surface area contributed by atoms with Gasteiger partial charge in [0.25, 0.3) is 0 Å². The standard InChI is InChI=1S/C46H57FN9O5.C19H22N4O3.C2H6.Pd/c1-25(2)27(4)56-23-38(52-53-56)30-11-9-28(10-12-30)24-60-42-40(39-26(3)36(47)19-37-35(39)20-48-51-37)33(29-13-14-29)18-34-41(42)49-44(59-16-15-58-8)50-43(34)54-21-32-17-31(54)22-55(32)45(57)61-46(5,6)7;1-13-16(9-20-11-21-13)14-4-6-15(7-5-14)17(10-24)22-19(26)18-3-2-8-23(18)12-25;1-2;/h9-11,18-20,25,27,29-32,38H,12-17,21-24H2,1-8H3;4-7,9,11-12,17-18,24H,2-3,8,10H2,1H3,(H,22,26);1-2H3;/q-1;;;. The maximum atomic E-state index is 15.9. The summed E-state index contributed by atoms with van der Waals surface area (Å²) in [6.07, 6.45) is 17.0. The number of methoxy groups -OCH3 is 1. The van der Waals surface area contributed by atoms with Gasteiger partial charge in [-0.3, -0.25) is 14.6 Å². The van der Waals surface area contributed by atoms with Crippen LogP contribution < -0.4 is 24.8 Å². The first-order valence-electron chi connectivity index (χ1n) is 31.4. The van der Waals surface area contributed by atoms with Gasteiger partial charge in [0.1, 0.15) is 48.3 Å². The summed E-state index contributed by atoms with van der Waals surface area (Å²) in [5, 5.41) is 33.9. The zero-order valence-corrected chi connectivity index (χ0v) is 55.0. The van der Waals surface area contributed by atoms with Crippen molar-refractivity contribution < 1.29 is 63.3 Å². The van der Waals surface area contributed by atoms with E-state index in [1.807, 2.05) is 70.7 Å². The van der Waals surface area contributed by atoms with Crippen LogP contribution in [0.5, 0.6) is 11.8 Å². The monoisotopic (exact) mass is 1320 g/mol. The van der Waals surface area contributed by atoms with E-state index in [1.165, 1.54) is 17.3 Å². The number of hydrogen-bond acceptors (Lipinski definition) is 17. The van der Waals surface area contributed by atoms with E-state index in [0.29, 0.717) is 78.9 Å². The van der Waals surface area contributed by atoms with Gasteiger partial charge in [0, 0.05) is 87.5 Å². The molecule has 4 aliphatic heterocycles. The zero-order valence-electron chi connectivity index (χ0n) is 53.5. The summed E-state index contributed by atoms with van der Waals surface area (Å²) < 4.78 is 40.3. The number of aromatic nitrogens is 6. The SMILES string of the molecule is CC.COCCOc1nc(N2CC3CC2CN3C(=O)OC(C)(C)C)c2cc(C3CC3)c(-c3c(C)c(F)cc4n[n-]cc34)c(OCC3=CCC(C4CN(C(C)C(C)C)N=N4)C=C3)c2n1.Cc1ncncc1-c1ccc(C(CO)NC(=O)C2CCCN2C=O)cc1.[Pd]. The molecule has 0 radical (unpaired) electrons. The molecule has 6 aromatic rings. The van der Waals surface area contributed by atoms with Gasteiger partial charge in [-0.2, -0.15) is 21.3 Å². The van der Waals surface area contributed by atoms with Crippen molar-refractivity contribution in [3.8, 4) is 34.0 Å². The van der Waals surface area contributed by atoms with Crippen molar-refractivity contribution in [1.82, 2.24) is 50.3 Å². The van der Waals surface area contributed by atoms with E-state index in [-0.39, 0.29) is 94.0 Å². The molecule has 3 aromatic heterocycles. The fourth-order valence-electron chi connectivity index (χ4n) is 12.5. The summed E-state index contributed by atoms with van der Waals surface area (Å²) in [6.45, 7) is 23.1. The number of aliphatic hydroxyl groups excluding tert-OH is 1. The molecule has 2 N–H and O–H groups in total. The Balaban J connectivity index is 0.000000277. The molecular weight excluding hydrogens is 1240 g/mol. The van der Waals surface area contributed by atoms with Gasteiger partial charge in [0.15, 0.2) is 5.75 Å². The Labute approximate surface area is 540 Å². The molecule has 23 heteroatoms. The number of anilines is 1.